The highest BCUT2D eigenvalue weighted by Gasteiger charge is 2.22. The number of nitrogens with one attached hydrogen (secondary N) is 2. The summed E-state index contributed by atoms with van der Waals surface area (Å²) in [4.78, 5) is 15.8. The summed E-state index contributed by atoms with van der Waals surface area (Å²) in [6, 6.07) is 16.0. The van der Waals surface area contributed by atoms with Crippen LogP contribution in [-0.4, -0.2) is 48.6 Å². The van der Waals surface area contributed by atoms with Crippen LogP contribution in [0.15, 0.2) is 71.1 Å². The Balaban J connectivity index is 0.000000268. The maximum absolute atomic E-state index is 10.2. The van der Waals surface area contributed by atoms with E-state index in [2.05, 4.69) is 33.8 Å². The van der Waals surface area contributed by atoms with Crippen LogP contribution in [0.2, 0.25) is 0 Å². The van der Waals surface area contributed by atoms with E-state index in [0.717, 1.165) is 28.5 Å². The quantitative estimate of drug-likeness (QED) is 0.201. The molecule has 0 aliphatic heterocycles. The predicted octanol–water partition coefficient (Wildman–Crippen LogP) is 5.30. The van der Waals surface area contributed by atoms with Crippen LogP contribution in [0.4, 0.5) is 5.69 Å². The van der Waals surface area contributed by atoms with Crippen molar-refractivity contribution in [2.45, 2.75) is 43.3 Å². The zero-order chi connectivity index (χ0) is 24.5. The van der Waals surface area contributed by atoms with Gasteiger partial charge in [0.2, 0.25) is 6.41 Å². The number of amidine groups is 1. The summed E-state index contributed by atoms with van der Waals surface area (Å²) in [5, 5.41) is 18.9. The number of aliphatic imine (C=N–C) groups is 1. The molecule has 178 valence electrons. The summed E-state index contributed by atoms with van der Waals surface area (Å²) in [5.74, 6) is 0.453. The lowest BCUT2D eigenvalue weighted by Crippen LogP contribution is -2.18. The smallest absolute Gasteiger partial charge is 0.212 e. The molecule has 3 N–H and O–H groups in total. The first-order chi connectivity index (χ1) is 15.9. The Labute approximate surface area is 201 Å². The molecule has 0 radical (unpaired) electrons. The van der Waals surface area contributed by atoms with E-state index < -0.39 is 0 Å². The molecule has 0 unspecified atom stereocenters. The highest BCUT2D eigenvalue weighted by molar-refractivity contribution is 8.00. The number of methoxy groups -OCH3 is 1. The first-order valence-electron chi connectivity index (χ1n) is 10.8. The highest BCUT2D eigenvalue weighted by Crippen LogP contribution is 2.38. The Hall–Kier alpha value is -2.74. The summed E-state index contributed by atoms with van der Waals surface area (Å²) in [6.45, 7) is 8.23. The SMILES string of the molecule is C=CC(=Nc1ccccc1C)NC=O.CC(=N)c1ccc(SC2CC2)cc1.COCCCO. The standard InChI is InChI=1S/C11H12N2O.C11H13NS.C4H10O2/c1-3-11(12-8-14)13-10-7-5-4-6-9(10)2;1-8(12)9-2-4-10(5-3-9)13-11-6-7-11;1-6-4-2-3-5/h3-8H,1H2,2H3,(H,12,13,14);2-5,11-12H,6-7H2,1H3;5H,2-4H2,1H3. The predicted molar refractivity (Wildman–Crippen MR) is 139 cm³/mol. The highest BCUT2D eigenvalue weighted by atomic mass is 32.2. The van der Waals surface area contributed by atoms with Gasteiger partial charge in [0.1, 0.15) is 5.84 Å². The number of nitrogens with zero attached hydrogens (tertiary/aromatic N) is 1. The van der Waals surface area contributed by atoms with Crippen molar-refractivity contribution in [1.29, 1.82) is 5.41 Å². The fourth-order valence-electron chi connectivity index (χ4n) is 2.39. The molecule has 0 spiro atoms. The average Bonchev–Trinajstić information content (AvgIpc) is 3.64. The largest absolute Gasteiger partial charge is 0.396 e. The number of thioether (sulfide) groups is 1. The molecule has 7 heteroatoms. The molecule has 2 aromatic carbocycles. The second kappa shape index (κ2) is 16.8. The number of ether oxygens (including phenoxy) is 1. The van der Waals surface area contributed by atoms with Crippen LogP contribution in [0.5, 0.6) is 0 Å². The number of aryl methyl sites for hydroxylation is 1. The van der Waals surface area contributed by atoms with Gasteiger partial charge in [0.15, 0.2) is 0 Å². The number of aliphatic hydroxyl groups excluding tert-OH is 1. The van der Waals surface area contributed by atoms with Gasteiger partial charge >= 0.3 is 0 Å². The van der Waals surface area contributed by atoms with Gasteiger partial charge in [-0.3, -0.25) is 4.79 Å². The third-order valence-electron chi connectivity index (χ3n) is 4.38. The lowest BCUT2D eigenvalue weighted by molar-refractivity contribution is -0.108. The van der Waals surface area contributed by atoms with Crippen LogP contribution in [0.25, 0.3) is 0 Å². The van der Waals surface area contributed by atoms with Crippen molar-refractivity contribution in [2.24, 2.45) is 4.99 Å². The number of hydrogen-bond donors (Lipinski definition) is 3. The maximum Gasteiger partial charge on any atom is 0.212 e. The van der Waals surface area contributed by atoms with Gasteiger partial charge in [-0.15, -0.1) is 11.8 Å². The van der Waals surface area contributed by atoms with Gasteiger partial charge in [-0.1, -0.05) is 36.9 Å². The van der Waals surface area contributed by atoms with Gasteiger partial charge < -0.3 is 20.6 Å². The minimum atomic E-state index is 0.230. The number of aliphatic hydroxyl groups is 1. The Morgan fingerprint density at radius 1 is 1.27 bits per heavy atom. The normalized spacial score (nSPS) is 12.4. The maximum atomic E-state index is 10.2. The summed E-state index contributed by atoms with van der Waals surface area (Å²) in [6.07, 6.45) is 5.57. The van der Waals surface area contributed by atoms with Gasteiger partial charge in [-0.25, -0.2) is 4.99 Å². The Morgan fingerprint density at radius 3 is 2.39 bits per heavy atom. The van der Waals surface area contributed by atoms with Crippen molar-refractivity contribution >= 4 is 35.4 Å². The van der Waals surface area contributed by atoms with E-state index in [4.69, 9.17) is 10.5 Å². The zero-order valence-electron chi connectivity index (χ0n) is 19.7. The number of para-hydroxylation sites is 1. The molecule has 1 amide bonds. The molecule has 2 aromatic rings. The molecule has 1 aliphatic rings. The molecular weight excluding hydrogens is 434 g/mol. The third-order valence-corrected chi connectivity index (χ3v) is 5.73. The number of benzene rings is 2. The van der Waals surface area contributed by atoms with Crippen LogP contribution >= 0.6 is 11.8 Å². The molecule has 0 aromatic heterocycles. The summed E-state index contributed by atoms with van der Waals surface area (Å²) in [5.41, 5.74) is 3.56. The van der Waals surface area contributed by atoms with E-state index in [1.807, 2.05) is 62.0 Å². The summed E-state index contributed by atoms with van der Waals surface area (Å²) in [7, 11) is 1.62. The van der Waals surface area contributed by atoms with Crippen LogP contribution in [-0.2, 0) is 9.53 Å². The van der Waals surface area contributed by atoms with E-state index in [9.17, 15) is 4.79 Å². The van der Waals surface area contributed by atoms with E-state index in [0.29, 0.717) is 24.6 Å². The molecule has 1 saturated carbocycles. The lowest BCUT2D eigenvalue weighted by atomic mass is 10.1. The van der Waals surface area contributed by atoms with Gasteiger partial charge in [0.05, 0.1) is 5.69 Å². The van der Waals surface area contributed by atoms with Gasteiger partial charge in [-0.2, -0.15) is 0 Å². The molecular formula is C26H35N3O3S. The minimum absolute atomic E-state index is 0.230. The van der Waals surface area contributed by atoms with Gasteiger partial charge in [-0.05, 0) is 68.5 Å². The molecule has 3 rings (SSSR count). The van der Waals surface area contributed by atoms with Crippen LogP contribution in [0.1, 0.15) is 37.3 Å². The van der Waals surface area contributed by atoms with Crippen LogP contribution in [0, 0.1) is 12.3 Å². The fourth-order valence-corrected chi connectivity index (χ4v) is 3.44. The molecule has 0 saturated heterocycles. The van der Waals surface area contributed by atoms with Crippen molar-refractivity contribution < 1.29 is 14.6 Å². The molecule has 1 fully saturated rings. The van der Waals surface area contributed by atoms with E-state index in [1.54, 1.807) is 7.11 Å². The number of amides is 1. The topological polar surface area (TPSA) is 94.8 Å². The Kier molecular flexibility index (Phi) is 14.4. The Bertz CT molecular complexity index is 890. The van der Waals surface area contributed by atoms with Crippen LogP contribution in [0.3, 0.4) is 0 Å². The second-order valence-corrected chi connectivity index (χ2v) is 8.66. The summed E-state index contributed by atoms with van der Waals surface area (Å²) < 4.78 is 4.62. The monoisotopic (exact) mass is 469 g/mol. The summed E-state index contributed by atoms with van der Waals surface area (Å²) >= 11 is 1.96. The third kappa shape index (κ3) is 12.8. The fraction of sp³-hybridized carbons (Fsp3) is 0.346. The average molecular weight is 470 g/mol. The number of carbonyl (C=O) groups excluding carboxylic acids is 1. The Morgan fingerprint density at radius 2 is 1.94 bits per heavy atom. The first-order valence-corrected chi connectivity index (χ1v) is 11.7. The second-order valence-electron chi connectivity index (χ2n) is 7.29. The van der Waals surface area contributed by atoms with Gasteiger partial charge in [0.25, 0.3) is 0 Å². The lowest BCUT2D eigenvalue weighted by Gasteiger charge is -2.01. The van der Waals surface area contributed by atoms with Crippen molar-refractivity contribution in [3.8, 4) is 0 Å². The number of carbonyl (C=O) groups is 1. The first kappa shape index (κ1) is 28.3. The molecule has 33 heavy (non-hydrogen) atoms. The van der Waals surface area contributed by atoms with Crippen LogP contribution < -0.4 is 5.32 Å². The van der Waals surface area contributed by atoms with Crippen molar-refractivity contribution in [3.05, 3.63) is 72.3 Å². The zero-order valence-corrected chi connectivity index (χ0v) is 20.5. The van der Waals surface area contributed by atoms with Gasteiger partial charge in [0, 0.05) is 36.2 Å². The minimum Gasteiger partial charge on any atom is -0.396 e. The number of rotatable bonds is 9. The van der Waals surface area contributed by atoms with Crippen molar-refractivity contribution in [1.82, 2.24) is 5.32 Å². The number of hydrogen-bond acceptors (Lipinski definition) is 6. The van der Waals surface area contributed by atoms with E-state index >= 15 is 0 Å². The van der Waals surface area contributed by atoms with Crippen molar-refractivity contribution in [3.63, 3.8) is 0 Å². The molecule has 0 atom stereocenters. The molecule has 1 aliphatic carbocycles. The van der Waals surface area contributed by atoms with Crippen molar-refractivity contribution in [2.75, 3.05) is 20.3 Å². The van der Waals surface area contributed by atoms with E-state index in [-0.39, 0.29) is 6.61 Å². The molecule has 6 nitrogen and oxygen atoms in total. The van der Waals surface area contributed by atoms with E-state index in [1.165, 1.54) is 23.8 Å². The molecule has 0 bridgehead atoms. The molecule has 0 heterocycles.